The molecule has 0 spiro atoms. The van der Waals surface area contributed by atoms with Crippen molar-refractivity contribution in [3.63, 3.8) is 0 Å². The molecule has 1 heterocycles. The molecule has 0 amide bonds. The van der Waals surface area contributed by atoms with Crippen LogP contribution in [0.4, 0.5) is 9.52 Å². The van der Waals surface area contributed by atoms with Crippen molar-refractivity contribution in [3.8, 4) is 0 Å². The number of nitrogens with one attached hydrogen (secondary N) is 1. The van der Waals surface area contributed by atoms with Gasteiger partial charge in [-0.15, -0.1) is 10.2 Å². The van der Waals surface area contributed by atoms with Crippen molar-refractivity contribution in [1.29, 1.82) is 0 Å². The van der Waals surface area contributed by atoms with Crippen LogP contribution in [0.1, 0.15) is 36.3 Å². The first-order valence-electron chi connectivity index (χ1n) is 6.63. The maximum Gasteiger partial charge on any atom is 0.205 e. The molecule has 3 rings (SSSR count). The Kier molecular flexibility index (Phi) is 3.73. The molecule has 5 heteroatoms. The van der Waals surface area contributed by atoms with Crippen LogP contribution in [0.2, 0.25) is 0 Å². The summed E-state index contributed by atoms with van der Waals surface area (Å²) in [5.74, 6) is -0.204. The van der Waals surface area contributed by atoms with E-state index in [1.54, 1.807) is 23.5 Å². The number of aromatic nitrogens is 2. The fourth-order valence-corrected chi connectivity index (χ4v) is 3.26. The van der Waals surface area contributed by atoms with Crippen molar-refractivity contribution < 1.29 is 4.39 Å². The Balaban J connectivity index is 1.62. The number of nitrogens with zero attached hydrogens (tertiary/aromatic N) is 2. The van der Waals surface area contributed by atoms with Gasteiger partial charge in [-0.2, -0.15) is 0 Å². The molecule has 1 saturated carbocycles. The van der Waals surface area contributed by atoms with E-state index < -0.39 is 0 Å². The molecule has 1 aliphatic carbocycles. The third kappa shape index (κ3) is 3.29. The normalized spacial score (nSPS) is 15.8. The number of benzene rings is 1. The lowest BCUT2D eigenvalue weighted by atomic mass is 10.2. The maximum atomic E-state index is 12.8. The first kappa shape index (κ1) is 12.5. The first-order valence-corrected chi connectivity index (χ1v) is 7.44. The highest BCUT2D eigenvalue weighted by atomic mass is 32.1. The summed E-state index contributed by atoms with van der Waals surface area (Å²) in [4.78, 5) is 0. The van der Waals surface area contributed by atoms with Crippen LogP contribution in [0.3, 0.4) is 0 Å². The third-order valence-corrected chi connectivity index (χ3v) is 4.27. The van der Waals surface area contributed by atoms with Gasteiger partial charge in [0.05, 0.1) is 0 Å². The second-order valence-corrected chi connectivity index (χ2v) is 5.99. The zero-order valence-electron chi connectivity index (χ0n) is 10.6. The van der Waals surface area contributed by atoms with Crippen molar-refractivity contribution >= 4 is 16.5 Å². The summed E-state index contributed by atoms with van der Waals surface area (Å²) in [7, 11) is 0. The molecule has 1 aliphatic rings. The summed E-state index contributed by atoms with van der Waals surface area (Å²) >= 11 is 1.59. The van der Waals surface area contributed by atoms with Gasteiger partial charge >= 0.3 is 0 Å². The van der Waals surface area contributed by atoms with Gasteiger partial charge in [-0.3, -0.25) is 0 Å². The summed E-state index contributed by atoms with van der Waals surface area (Å²) in [5.41, 5.74) is 1.06. The number of hydrogen-bond acceptors (Lipinski definition) is 4. The van der Waals surface area contributed by atoms with Crippen LogP contribution in [-0.2, 0) is 6.42 Å². The molecule has 1 fully saturated rings. The Labute approximate surface area is 115 Å². The van der Waals surface area contributed by atoms with Gasteiger partial charge < -0.3 is 5.32 Å². The first-order chi connectivity index (χ1) is 9.29. The molecule has 0 saturated heterocycles. The highest BCUT2D eigenvalue weighted by molar-refractivity contribution is 7.15. The minimum absolute atomic E-state index is 0.204. The average molecular weight is 277 g/mol. The molecular weight excluding hydrogens is 261 g/mol. The second kappa shape index (κ2) is 5.65. The molecule has 2 aromatic rings. The van der Waals surface area contributed by atoms with E-state index in [0.29, 0.717) is 12.5 Å². The van der Waals surface area contributed by atoms with E-state index in [1.807, 2.05) is 0 Å². The molecule has 1 aromatic heterocycles. The Morgan fingerprint density at radius 1 is 1.16 bits per heavy atom. The number of halogens is 1. The standard InChI is InChI=1S/C14H16FN3S/c15-11-7-5-10(6-8-11)9-13-17-18-14(19-13)16-12-3-1-2-4-12/h5-8,12H,1-4,9H2,(H,16,18). The lowest BCUT2D eigenvalue weighted by Gasteiger charge is -2.08. The highest BCUT2D eigenvalue weighted by Crippen LogP contribution is 2.25. The van der Waals surface area contributed by atoms with E-state index >= 15 is 0 Å². The van der Waals surface area contributed by atoms with Crippen LogP contribution in [0.25, 0.3) is 0 Å². The molecule has 0 unspecified atom stereocenters. The summed E-state index contributed by atoms with van der Waals surface area (Å²) in [6.45, 7) is 0. The van der Waals surface area contributed by atoms with E-state index in [1.165, 1.54) is 37.8 Å². The zero-order valence-corrected chi connectivity index (χ0v) is 11.4. The fourth-order valence-electron chi connectivity index (χ4n) is 2.41. The van der Waals surface area contributed by atoms with E-state index in [2.05, 4.69) is 15.5 Å². The Morgan fingerprint density at radius 2 is 1.89 bits per heavy atom. The van der Waals surface area contributed by atoms with Gasteiger partial charge in [0.2, 0.25) is 5.13 Å². The smallest absolute Gasteiger partial charge is 0.205 e. The molecule has 1 aromatic carbocycles. The lowest BCUT2D eigenvalue weighted by molar-refractivity contribution is 0.627. The topological polar surface area (TPSA) is 37.8 Å². The van der Waals surface area contributed by atoms with Crippen molar-refractivity contribution in [2.45, 2.75) is 38.1 Å². The number of anilines is 1. The van der Waals surface area contributed by atoms with E-state index in [0.717, 1.165) is 15.7 Å². The molecule has 1 N–H and O–H groups in total. The van der Waals surface area contributed by atoms with Gasteiger partial charge in [-0.1, -0.05) is 36.3 Å². The number of hydrogen-bond donors (Lipinski definition) is 1. The van der Waals surface area contributed by atoms with E-state index in [-0.39, 0.29) is 5.82 Å². The van der Waals surface area contributed by atoms with Crippen LogP contribution in [0.5, 0.6) is 0 Å². The molecular formula is C14H16FN3S. The molecule has 0 radical (unpaired) electrons. The van der Waals surface area contributed by atoms with Crippen LogP contribution in [0.15, 0.2) is 24.3 Å². The minimum Gasteiger partial charge on any atom is -0.357 e. The van der Waals surface area contributed by atoms with Crippen LogP contribution in [-0.4, -0.2) is 16.2 Å². The Bertz CT molecular complexity index is 532. The minimum atomic E-state index is -0.204. The SMILES string of the molecule is Fc1ccc(Cc2nnc(NC3CCCC3)s2)cc1. The Hall–Kier alpha value is -1.49. The highest BCUT2D eigenvalue weighted by Gasteiger charge is 2.16. The van der Waals surface area contributed by atoms with Crippen molar-refractivity contribution in [3.05, 3.63) is 40.7 Å². The van der Waals surface area contributed by atoms with E-state index in [4.69, 9.17) is 0 Å². The predicted molar refractivity (Wildman–Crippen MR) is 75.0 cm³/mol. The fraction of sp³-hybridized carbons (Fsp3) is 0.429. The molecule has 19 heavy (non-hydrogen) atoms. The van der Waals surface area contributed by atoms with Crippen molar-refractivity contribution in [2.24, 2.45) is 0 Å². The predicted octanol–water partition coefficient (Wildman–Crippen LogP) is 3.62. The average Bonchev–Trinajstić information content (AvgIpc) is 3.05. The van der Waals surface area contributed by atoms with Gasteiger partial charge in [0, 0.05) is 12.5 Å². The third-order valence-electron chi connectivity index (χ3n) is 3.42. The quantitative estimate of drug-likeness (QED) is 0.927. The maximum absolute atomic E-state index is 12.8. The van der Waals surface area contributed by atoms with Gasteiger partial charge in [-0.25, -0.2) is 4.39 Å². The van der Waals surface area contributed by atoms with Crippen molar-refractivity contribution in [2.75, 3.05) is 5.32 Å². The molecule has 100 valence electrons. The number of rotatable bonds is 4. The largest absolute Gasteiger partial charge is 0.357 e. The van der Waals surface area contributed by atoms with Crippen LogP contribution >= 0.6 is 11.3 Å². The second-order valence-electron chi connectivity index (χ2n) is 4.93. The van der Waals surface area contributed by atoms with Gasteiger partial charge in [0.15, 0.2) is 0 Å². The monoisotopic (exact) mass is 277 g/mol. The van der Waals surface area contributed by atoms with E-state index in [9.17, 15) is 4.39 Å². The van der Waals surface area contributed by atoms with Gasteiger partial charge in [0.1, 0.15) is 10.8 Å². The summed E-state index contributed by atoms with van der Waals surface area (Å²) < 4.78 is 12.8. The lowest BCUT2D eigenvalue weighted by Crippen LogP contribution is -2.13. The summed E-state index contributed by atoms with van der Waals surface area (Å²) in [6, 6.07) is 7.11. The zero-order chi connectivity index (χ0) is 13.1. The van der Waals surface area contributed by atoms with Gasteiger partial charge in [0.25, 0.3) is 0 Å². The van der Waals surface area contributed by atoms with Crippen molar-refractivity contribution in [1.82, 2.24) is 10.2 Å². The van der Waals surface area contributed by atoms with Crippen LogP contribution < -0.4 is 5.32 Å². The summed E-state index contributed by atoms with van der Waals surface area (Å²) in [5, 5.41) is 13.7. The molecule has 3 nitrogen and oxygen atoms in total. The van der Waals surface area contributed by atoms with Crippen LogP contribution in [0, 0.1) is 5.82 Å². The van der Waals surface area contributed by atoms with Gasteiger partial charge in [-0.05, 0) is 30.5 Å². The molecule has 0 aliphatic heterocycles. The molecule has 0 bridgehead atoms. The summed E-state index contributed by atoms with van der Waals surface area (Å²) in [6.07, 6.45) is 5.78. The molecule has 0 atom stereocenters. The Morgan fingerprint density at radius 3 is 2.63 bits per heavy atom.